The van der Waals surface area contributed by atoms with Crippen molar-refractivity contribution in [3.63, 3.8) is 0 Å². The average molecular weight is 290 g/mol. The maximum atomic E-state index is 12.1. The molecule has 1 fully saturated rings. The van der Waals surface area contributed by atoms with Gasteiger partial charge in [0.1, 0.15) is 0 Å². The Kier molecular flexibility index (Phi) is 4.92. The molecule has 19 heavy (non-hydrogen) atoms. The van der Waals surface area contributed by atoms with E-state index in [2.05, 4.69) is 0 Å². The van der Waals surface area contributed by atoms with Crippen molar-refractivity contribution in [2.45, 2.75) is 26.0 Å². The zero-order chi connectivity index (χ0) is 14.8. The summed E-state index contributed by atoms with van der Waals surface area (Å²) in [5, 5.41) is -1.24. The van der Waals surface area contributed by atoms with Gasteiger partial charge in [-0.15, -0.1) is 0 Å². The summed E-state index contributed by atoms with van der Waals surface area (Å²) >= 11 is 0. The number of piperazine rings is 1. The van der Waals surface area contributed by atoms with Crippen LogP contribution in [0.2, 0.25) is 0 Å². The van der Waals surface area contributed by atoms with Gasteiger partial charge in [-0.2, -0.15) is 4.31 Å². The molecule has 0 bridgehead atoms. The highest BCUT2D eigenvalue weighted by Crippen LogP contribution is 2.14. The molecule has 2 N–H and O–H groups in total. The molecule has 0 aromatic rings. The number of amides is 2. The standard InChI is InChI=1S/C11H20N3O4S/c1-8(2)11(16)13-4-6-14(7-5-13)19(17,18)9(3)10(12)15/h9H,4-7H2,1-3H3,(H2,12,15). The lowest BCUT2D eigenvalue weighted by molar-refractivity contribution is -0.130. The van der Waals surface area contributed by atoms with Gasteiger partial charge in [0.15, 0.2) is 5.25 Å². The second-order valence-electron chi connectivity index (χ2n) is 4.78. The predicted octanol–water partition coefficient (Wildman–Crippen LogP) is -1.05. The number of primary amides is 1. The van der Waals surface area contributed by atoms with Crippen molar-refractivity contribution in [1.29, 1.82) is 0 Å². The first-order valence-electron chi connectivity index (χ1n) is 6.05. The molecule has 0 aliphatic carbocycles. The molecule has 8 heteroatoms. The third-order valence-corrected chi connectivity index (χ3v) is 5.37. The normalized spacial score (nSPS) is 19.5. The third-order valence-electron chi connectivity index (χ3n) is 3.16. The lowest BCUT2D eigenvalue weighted by Crippen LogP contribution is -2.54. The van der Waals surface area contributed by atoms with Gasteiger partial charge in [-0.25, -0.2) is 8.42 Å². The molecule has 0 spiro atoms. The molecule has 1 atom stereocenters. The van der Waals surface area contributed by atoms with Gasteiger partial charge in [-0.05, 0) is 20.8 Å². The zero-order valence-electron chi connectivity index (χ0n) is 11.4. The van der Waals surface area contributed by atoms with E-state index in [0.29, 0.717) is 19.0 Å². The first-order valence-corrected chi connectivity index (χ1v) is 7.56. The lowest BCUT2D eigenvalue weighted by atomic mass is 10.2. The van der Waals surface area contributed by atoms with Crippen LogP contribution in [-0.2, 0) is 19.6 Å². The molecule has 1 saturated heterocycles. The van der Waals surface area contributed by atoms with Gasteiger partial charge in [0.25, 0.3) is 0 Å². The Balaban J connectivity index is 2.69. The fourth-order valence-corrected chi connectivity index (χ4v) is 3.25. The van der Waals surface area contributed by atoms with E-state index in [4.69, 9.17) is 5.73 Å². The number of sulfonamides is 1. The van der Waals surface area contributed by atoms with E-state index < -0.39 is 21.2 Å². The summed E-state index contributed by atoms with van der Waals surface area (Å²) in [5.41, 5.74) is 5.03. The lowest BCUT2D eigenvalue weighted by Gasteiger charge is -2.35. The van der Waals surface area contributed by atoms with Gasteiger partial charge in [0.05, 0.1) is 5.92 Å². The van der Waals surface area contributed by atoms with Crippen molar-refractivity contribution >= 4 is 21.8 Å². The molecular weight excluding hydrogens is 270 g/mol. The third kappa shape index (κ3) is 3.44. The first kappa shape index (κ1) is 15.9. The van der Waals surface area contributed by atoms with E-state index in [9.17, 15) is 18.0 Å². The van der Waals surface area contributed by atoms with E-state index in [1.54, 1.807) is 18.7 Å². The Morgan fingerprint density at radius 1 is 1.11 bits per heavy atom. The Labute approximate surface area is 113 Å². The van der Waals surface area contributed by atoms with Crippen molar-refractivity contribution in [2.24, 2.45) is 5.73 Å². The van der Waals surface area contributed by atoms with Crippen LogP contribution in [0.4, 0.5) is 0 Å². The molecule has 1 heterocycles. The molecule has 1 aliphatic heterocycles. The molecule has 1 unspecified atom stereocenters. The number of nitrogens with two attached hydrogens (primary N) is 1. The predicted molar refractivity (Wildman–Crippen MR) is 70.3 cm³/mol. The van der Waals surface area contributed by atoms with E-state index in [-0.39, 0.29) is 19.0 Å². The highest BCUT2D eigenvalue weighted by molar-refractivity contribution is 7.90. The number of carbonyl (C=O) groups excluding carboxylic acids is 2. The number of hydrogen-bond acceptors (Lipinski definition) is 4. The van der Waals surface area contributed by atoms with Crippen LogP contribution in [-0.4, -0.2) is 60.9 Å². The molecule has 1 rings (SSSR count). The van der Waals surface area contributed by atoms with Crippen LogP contribution in [0.1, 0.15) is 20.8 Å². The smallest absolute Gasteiger partial charge is 0.236 e. The summed E-state index contributed by atoms with van der Waals surface area (Å²) in [4.78, 5) is 24.3. The van der Waals surface area contributed by atoms with E-state index in [0.717, 1.165) is 0 Å². The van der Waals surface area contributed by atoms with Gasteiger partial charge < -0.3 is 10.6 Å². The summed E-state index contributed by atoms with van der Waals surface area (Å²) in [6, 6.07) is 0. The van der Waals surface area contributed by atoms with Crippen molar-refractivity contribution in [3.05, 3.63) is 5.92 Å². The topological polar surface area (TPSA) is 101 Å². The monoisotopic (exact) mass is 290 g/mol. The quantitative estimate of drug-likeness (QED) is 0.713. The van der Waals surface area contributed by atoms with Gasteiger partial charge in [-0.1, -0.05) is 0 Å². The van der Waals surface area contributed by atoms with E-state index >= 15 is 0 Å². The second kappa shape index (κ2) is 5.87. The highest BCUT2D eigenvalue weighted by atomic mass is 32.2. The van der Waals surface area contributed by atoms with Crippen LogP contribution in [0.3, 0.4) is 0 Å². The Morgan fingerprint density at radius 3 is 1.95 bits per heavy atom. The molecule has 109 valence electrons. The van der Waals surface area contributed by atoms with Crippen molar-refractivity contribution in [2.75, 3.05) is 26.2 Å². The van der Waals surface area contributed by atoms with Crippen molar-refractivity contribution in [1.82, 2.24) is 9.21 Å². The average Bonchev–Trinajstić information content (AvgIpc) is 2.36. The minimum Gasteiger partial charge on any atom is -0.369 e. The number of carbonyl (C=O) groups is 2. The van der Waals surface area contributed by atoms with Crippen molar-refractivity contribution in [3.8, 4) is 0 Å². The number of hydrogen-bond donors (Lipinski definition) is 1. The van der Waals surface area contributed by atoms with Gasteiger partial charge in [0.2, 0.25) is 21.8 Å². The minimum absolute atomic E-state index is 0.0694. The largest absolute Gasteiger partial charge is 0.369 e. The Bertz CT molecular complexity index is 453. The van der Waals surface area contributed by atoms with Crippen LogP contribution in [0.5, 0.6) is 0 Å². The molecule has 0 saturated carbocycles. The molecule has 1 radical (unpaired) electrons. The summed E-state index contributed by atoms with van der Waals surface area (Å²) in [5.74, 6) is -0.266. The molecular formula is C11H20N3O4S. The van der Waals surface area contributed by atoms with Crippen LogP contribution in [0.15, 0.2) is 0 Å². The van der Waals surface area contributed by atoms with Crippen LogP contribution in [0, 0.1) is 5.92 Å². The Morgan fingerprint density at radius 2 is 1.58 bits per heavy atom. The fourth-order valence-electron chi connectivity index (χ4n) is 1.83. The molecule has 1 aliphatic rings. The van der Waals surface area contributed by atoms with Gasteiger partial charge in [-0.3, -0.25) is 9.59 Å². The van der Waals surface area contributed by atoms with Gasteiger partial charge >= 0.3 is 0 Å². The van der Waals surface area contributed by atoms with Crippen LogP contribution in [0.25, 0.3) is 0 Å². The Hall–Kier alpha value is -1.15. The maximum absolute atomic E-state index is 12.1. The molecule has 0 aromatic heterocycles. The van der Waals surface area contributed by atoms with Crippen molar-refractivity contribution < 1.29 is 18.0 Å². The van der Waals surface area contributed by atoms with Crippen LogP contribution < -0.4 is 5.73 Å². The van der Waals surface area contributed by atoms with E-state index in [1.807, 2.05) is 0 Å². The molecule has 7 nitrogen and oxygen atoms in total. The van der Waals surface area contributed by atoms with Gasteiger partial charge in [0, 0.05) is 26.2 Å². The summed E-state index contributed by atoms with van der Waals surface area (Å²) in [7, 11) is -3.72. The number of rotatable bonds is 4. The first-order chi connectivity index (χ1) is 8.67. The molecule has 2 amide bonds. The minimum atomic E-state index is -3.72. The van der Waals surface area contributed by atoms with E-state index in [1.165, 1.54) is 11.2 Å². The fraction of sp³-hybridized carbons (Fsp3) is 0.727. The second-order valence-corrected chi connectivity index (χ2v) is 7.03. The maximum Gasteiger partial charge on any atom is 0.236 e. The zero-order valence-corrected chi connectivity index (χ0v) is 12.2. The SMILES string of the molecule is C[C](C)C(=O)N1CCN(S(=O)(=O)C(C)C(N)=O)CC1. The van der Waals surface area contributed by atoms with Crippen LogP contribution >= 0.6 is 0 Å². The summed E-state index contributed by atoms with van der Waals surface area (Å²) in [6.45, 7) is 5.77. The summed E-state index contributed by atoms with van der Waals surface area (Å²) < 4.78 is 25.3. The highest BCUT2D eigenvalue weighted by Gasteiger charge is 2.35. The molecule has 0 aromatic carbocycles. The summed E-state index contributed by atoms with van der Waals surface area (Å²) in [6.07, 6.45) is 0. The number of nitrogens with zero attached hydrogens (tertiary/aromatic N) is 2.